The van der Waals surface area contributed by atoms with Gasteiger partial charge in [0.25, 0.3) is 5.91 Å². The summed E-state index contributed by atoms with van der Waals surface area (Å²) in [6.45, 7) is 1.85. The molecule has 1 aromatic rings. The maximum Gasteiger partial charge on any atom is 0.261 e. The van der Waals surface area contributed by atoms with Crippen LogP contribution in [0.3, 0.4) is 0 Å². The Balaban J connectivity index is 1.98. The van der Waals surface area contributed by atoms with Crippen LogP contribution in [0.1, 0.15) is 26.2 Å². The number of rotatable bonds is 5. The molecular weight excluding hydrogens is 221 g/mol. The summed E-state index contributed by atoms with van der Waals surface area (Å²) in [6, 6.07) is 6.42. The molecule has 2 rings (SSSR count). The molecule has 1 saturated carbocycles. The SMILES string of the molecule is CC[C@@H](Oc1ccccc1F)C(=O)NC1CC1. The number of carbonyl (C=O) groups excluding carboxylic acids is 1. The highest BCUT2D eigenvalue weighted by Crippen LogP contribution is 2.21. The van der Waals surface area contributed by atoms with E-state index in [2.05, 4.69) is 5.32 Å². The monoisotopic (exact) mass is 237 g/mol. The maximum absolute atomic E-state index is 13.4. The summed E-state index contributed by atoms with van der Waals surface area (Å²) in [7, 11) is 0. The molecule has 1 aliphatic carbocycles. The van der Waals surface area contributed by atoms with Crippen molar-refractivity contribution in [2.45, 2.75) is 38.3 Å². The number of amides is 1. The highest BCUT2D eigenvalue weighted by atomic mass is 19.1. The number of benzene rings is 1. The zero-order valence-corrected chi connectivity index (χ0v) is 9.78. The molecule has 1 amide bonds. The van der Waals surface area contributed by atoms with Gasteiger partial charge in [0.15, 0.2) is 17.7 Å². The van der Waals surface area contributed by atoms with Crippen molar-refractivity contribution in [2.75, 3.05) is 0 Å². The van der Waals surface area contributed by atoms with Crippen molar-refractivity contribution in [3.63, 3.8) is 0 Å². The van der Waals surface area contributed by atoms with Crippen LogP contribution in [0.5, 0.6) is 5.75 Å². The van der Waals surface area contributed by atoms with Gasteiger partial charge in [0.05, 0.1) is 0 Å². The zero-order valence-electron chi connectivity index (χ0n) is 9.78. The molecule has 4 heteroatoms. The molecule has 0 aromatic heterocycles. The predicted octanol–water partition coefficient (Wildman–Crippen LogP) is 2.26. The van der Waals surface area contributed by atoms with Crippen LogP contribution >= 0.6 is 0 Å². The molecule has 17 heavy (non-hydrogen) atoms. The molecular formula is C13H16FNO2. The standard InChI is InChI=1S/C13H16FNO2/c1-2-11(13(16)15-9-7-8-9)17-12-6-4-3-5-10(12)14/h3-6,9,11H,2,7-8H2,1H3,(H,15,16)/t11-/m1/s1. The lowest BCUT2D eigenvalue weighted by Crippen LogP contribution is -2.39. The number of ether oxygens (including phenoxy) is 1. The second-order valence-electron chi connectivity index (χ2n) is 4.23. The van der Waals surface area contributed by atoms with Crippen LogP contribution in [0.15, 0.2) is 24.3 Å². The number of para-hydroxylation sites is 1. The van der Waals surface area contributed by atoms with Gasteiger partial charge in [-0.2, -0.15) is 0 Å². The Kier molecular flexibility index (Phi) is 3.61. The van der Waals surface area contributed by atoms with E-state index in [-0.39, 0.29) is 11.7 Å². The van der Waals surface area contributed by atoms with E-state index in [0.29, 0.717) is 12.5 Å². The lowest BCUT2D eigenvalue weighted by atomic mass is 10.2. The molecule has 0 spiro atoms. The molecule has 0 saturated heterocycles. The normalized spacial score (nSPS) is 16.4. The Morgan fingerprint density at radius 2 is 2.24 bits per heavy atom. The predicted molar refractivity (Wildman–Crippen MR) is 62.3 cm³/mol. The van der Waals surface area contributed by atoms with E-state index in [1.165, 1.54) is 12.1 Å². The van der Waals surface area contributed by atoms with Crippen LogP contribution in [0.2, 0.25) is 0 Å². The third-order valence-corrected chi connectivity index (χ3v) is 2.69. The van der Waals surface area contributed by atoms with Crippen LogP contribution in [0.4, 0.5) is 4.39 Å². The van der Waals surface area contributed by atoms with Gasteiger partial charge in [-0.25, -0.2) is 4.39 Å². The van der Waals surface area contributed by atoms with E-state index in [1.54, 1.807) is 12.1 Å². The van der Waals surface area contributed by atoms with E-state index in [1.807, 2.05) is 6.92 Å². The summed E-state index contributed by atoms with van der Waals surface area (Å²) in [5.41, 5.74) is 0. The Hall–Kier alpha value is -1.58. The number of halogens is 1. The Morgan fingerprint density at radius 3 is 2.82 bits per heavy atom. The number of nitrogens with one attached hydrogen (secondary N) is 1. The highest BCUT2D eigenvalue weighted by Gasteiger charge is 2.28. The van der Waals surface area contributed by atoms with Crippen LogP contribution < -0.4 is 10.1 Å². The van der Waals surface area contributed by atoms with Crippen molar-refractivity contribution >= 4 is 5.91 Å². The van der Waals surface area contributed by atoms with Gasteiger partial charge in [-0.05, 0) is 31.4 Å². The number of hydrogen-bond acceptors (Lipinski definition) is 2. The van der Waals surface area contributed by atoms with E-state index in [0.717, 1.165) is 12.8 Å². The minimum atomic E-state index is -0.618. The van der Waals surface area contributed by atoms with Gasteiger partial charge >= 0.3 is 0 Å². The molecule has 0 radical (unpaired) electrons. The van der Waals surface area contributed by atoms with E-state index in [4.69, 9.17) is 4.74 Å². The van der Waals surface area contributed by atoms with E-state index >= 15 is 0 Å². The van der Waals surface area contributed by atoms with Crippen LogP contribution in [-0.4, -0.2) is 18.1 Å². The summed E-state index contributed by atoms with van der Waals surface area (Å²) < 4.78 is 18.8. The fourth-order valence-electron chi connectivity index (χ4n) is 1.54. The molecule has 0 bridgehead atoms. The van der Waals surface area contributed by atoms with E-state index in [9.17, 15) is 9.18 Å². The molecule has 3 nitrogen and oxygen atoms in total. The minimum Gasteiger partial charge on any atom is -0.478 e. The molecule has 1 atom stereocenters. The third-order valence-electron chi connectivity index (χ3n) is 2.69. The number of carbonyl (C=O) groups is 1. The van der Waals surface area contributed by atoms with Gasteiger partial charge in [-0.15, -0.1) is 0 Å². The molecule has 92 valence electrons. The first-order valence-electron chi connectivity index (χ1n) is 5.92. The fraction of sp³-hybridized carbons (Fsp3) is 0.462. The first-order chi connectivity index (χ1) is 8.20. The van der Waals surface area contributed by atoms with Gasteiger partial charge in [0.2, 0.25) is 0 Å². The van der Waals surface area contributed by atoms with E-state index < -0.39 is 11.9 Å². The summed E-state index contributed by atoms with van der Waals surface area (Å²) in [5.74, 6) is -0.464. The first-order valence-corrected chi connectivity index (χ1v) is 5.92. The molecule has 1 fully saturated rings. The summed E-state index contributed by atoms with van der Waals surface area (Å²) in [5, 5.41) is 2.86. The van der Waals surface area contributed by atoms with Crippen LogP contribution in [0, 0.1) is 5.82 Å². The minimum absolute atomic E-state index is 0.130. The molecule has 1 aromatic carbocycles. The summed E-state index contributed by atoms with van der Waals surface area (Å²) in [4.78, 5) is 11.8. The second kappa shape index (κ2) is 5.17. The average molecular weight is 237 g/mol. The first kappa shape index (κ1) is 11.9. The highest BCUT2D eigenvalue weighted by molar-refractivity contribution is 5.81. The quantitative estimate of drug-likeness (QED) is 0.853. The zero-order chi connectivity index (χ0) is 12.3. The van der Waals surface area contributed by atoms with Crippen molar-refractivity contribution in [3.05, 3.63) is 30.1 Å². The average Bonchev–Trinajstić information content (AvgIpc) is 3.11. The Morgan fingerprint density at radius 1 is 1.53 bits per heavy atom. The molecule has 0 heterocycles. The molecule has 1 N–H and O–H groups in total. The van der Waals surface area contributed by atoms with Crippen molar-refractivity contribution in [3.8, 4) is 5.75 Å². The third kappa shape index (κ3) is 3.19. The van der Waals surface area contributed by atoms with Crippen molar-refractivity contribution in [2.24, 2.45) is 0 Å². The lowest BCUT2D eigenvalue weighted by Gasteiger charge is -2.17. The fourth-order valence-corrected chi connectivity index (χ4v) is 1.54. The van der Waals surface area contributed by atoms with Crippen molar-refractivity contribution in [1.82, 2.24) is 5.32 Å². The maximum atomic E-state index is 13.4. The van der Waals surface area contributed by atoms with Crippen LogP contribution in [-0.2, 0) is 4.79 Å². The Bertz CT molecular complexity index is 404. The van der Waals surface area contributed by atoms with Crippen LogP contribution in [0.25, 0.3) is 0 Å². The largest absolute Gasteiger partial charge is 0.478 e. The second-order valence-corrected chi connectivity index (χ2v) is 4.23. The molecule has 0 aliphatic heterocycles. The number of hydrogen-bond donors (Lipinski definition) is 1. The Labute approximate surface area is 100.0 Å². The van der Waals surface area contributed by atoms with Gasteiger partial charge in [-0.3, -0.25) is 4.79 Å². The smallest absolute Gasteiger partial charge is 0.261 e. The van der Waals surface area contributed by atoms with Crippen molar-refractivity contribution < 1.29 is 13.9 Å². The summed E-state index contributed by atoms with van der Waals surface area (Å²) in [6.07, 6.45) is 1.96. The lowest BCUT2D eigenvalue weighted by molar-refractivity contribution is -0.128. The summed E-state index contributed by atoms with van der Waals surface area (Å²) >= 11 is 0. The molecule has 1 aliphatic rings. The topological polar surface area (TPSA) is 38.3 Å². The van der Waals surface area contributed by atoms with Gasteiger partial charge in [0.1, 0.15) is 0 Å². The van der Waals surface area contributed by atoms with Crippen molar-refractivity contribution in [1.29, 1.82) is 0 Å². The molecule has 0 unspecified atom stereocenters. The van der Waals surface area contributed by atoms with Gasteiger partial charge in [0, 0.05) is 6.04 Å². The van der Waals surface area contributed by atoms with Gasteiger partial charge < -0.3 is 10.1 Å². The van der Waals surface area contributed by atoms with Gasteiger partial charge in [-0.1, -0.05) is 19.1 Å².